The van der Waals surface area contributed by atoms with E-state index in [1.807, 2.05) is 26.8 Å². The van der Waals surface area contributed by atoms with Gasteiger partial charge in [0, 0.05) is 25.0 Å². The van der Waals surface area contributed by atoms with E-state index in [1.165, 1.54) is 0 Å². The lowest BCUT2D eigenvalue weighted by atomic mass is 9.94. The third-order valence-electron chi connectivity index (χ3n) is 4.14. The Morgan fingerprint density at radius 3 is 2.95 bits per heavy atom. The van der Waals surface area contributed by atoms with Gasteiger partial charge in [-0.1, -0.05) is 6.92 Å². The maximum atomic E-state index is 12.6. The number of nitrogens with zero attached hydrogens (tertiary/aromatic N) is 1. The van der Waals surface area contributed by atoms with E-state index >= 15 is 0 Å². The van der Waals surface area contributed by atoms with E-state index in [0.29, 0.717) is 12.2 Å². The van der Waals surface area contributed by atoms with Crippen molar-refractivity contribution in [2.75, 3.05) is 18.5 Å². The Hall–Kier alpha value is -1.62. The van der Waals surface area contributed by atoms with Crippen molar-refractivity contribution in [3.8, 4) is 0 Å². The van der Waals surface area contributed by atoms with Crippen molar-refractivity contribution >= 4 is 11.6 Å². The molecule has 1 aromatic heterocycles. The molecule has 2 N–H and O–H groups in total. The number of anilines is 1. The van der Waals surface area contributed by atoms with Crippen molar-refractivity contribution in [2.24, 2.45) is 0 Å². The first-order valence-corrected chi connectivity index (χ1v) is 7.61. The molecule has 0 bridgehead atoms. The molecule has 0 aromatic carbocycles. The fraction of sp³-hybridized carbons (Fsp3) is 0.625. The first-order valence-electron chi connectivity index (χ1n) is 7.61. The molecule has 2 heterocycles. The third kappa shape index (κ3) is 3.53. The molecule has 2 rings (SSSR count). The summed E-state index contributed by atoms with van der Waals surface area (Å²) in [7, 11) is 0. The molecule has 2 unspecified atom stereocenters. The third-order valence-corrected chi connectivity index (χ3v) is 4.14. The second kappa shape index (κ2) is 6.43. The minimum absolute atomic E-state index is 0.0203. The molecule has 0 saturated carbocycles. The van der Waals surface area contributed by atoms with Crippen molar-refractivity contribution in [1.29, 1.82) is 0 Å². The number of rotatable bonds is 5. The number of ether oxygens (including phenoxy) is 1. The maximum Gasteiger partial charge on any atom is 0.255 e. The minimum Gasteiger partial charge on any atom is -0.384 e. The summed E-state index contributed by atoms with van der Waals surface area (Å²) in [5.41, 5.74) is 2.02. The van der Waals surface area contributed by atoms with Gasteiger partial charge in [0.2, 0.25) is 0 Å². The lowest BCUT2D eigenvalue weighted by Crippen LogP contribution is -2.50. The summed E-state index contributed by atoms with van der Waals surface area (Å²) in [5.74, 6) is -0.0963. The highest BCUT2D eigenvalue weighted by atomic mass is 16.5. The van der Waals surface area contributed by atoms with Crippen LogP contribution in [0.25, 0.3) is 0 Å². The Balaban J connectivity index is 2.18. The molecule has 0 aliphatic carbocycles. The number of amides is 1. The van der Waals surface area contributed by atoms with Gasteiger partial charge in [-0.2, -0.15) is 0 Å². The smallest absolute Gasteiger partial charge is 0.255 e. The number of carbonyl (C=O) groups is 1. The normalized spacial score (nSPS) is 24.9. The van der Waals surface area contributed by atoms with Gasteiger partial charge >= 0.3 is 0 Å². The first-order chi connectivity index (χ1) is 9.96. The van der Waals surface area contributed by atoms with Crippen LogP contribution < -0.4 is 10.6 Å². The zero-order chi connectivity index (χ0) is 15.5. The Kier molecular flexibility index (Phi) is 4.83. The molecule has 116 valence electrons. The number of nitrogens with one attached hydrogen (secondary N) is 2. The summed E-state index contributed by atoms with van der Waals surface area (Å²) in [6.07, 6.45) is 3.50. The molecule has 1 amide bonds. The van der Waals surface area contributed by atoms with Gasteiger partial charge in [0.25, 0.3) is 5.91 Å². The zero-order valence-electron chi connectivity index (χ0n) is 13.3. The molecule has 1 fully saturated rings. The van der Waals surface area contributed by atoms with Crippen LogP contribution in [0.1, 0.15) is 49.7 Å². The molecule has 1 aromatic rings. The minimum atomic E-state index is -0.315. The van der Waals surface area contributed by atoms with Gasteiger partial charge in [-0.15, -0.1) is 0 Å². The van der Waals surface area contributed by atoms with Crippen LogP contribution in [0.2, 0.25) is 0 Å². The van der Waals surface area contributed by atoms with Crippen molar-refractivity contribution < 1.29 is 9.53 Å². The van der Waals surface area contributed by atoms with E-state index in [2.05, 4.69) is 22.5 Å². The van der Waals surface area contributed by atoms with E-state index in [9.17, 15) is 4.79 Å². The molecule has 5 heteroatoms. The second-order valence-corrected chi connectivity index (χ2v) is 5.93. The van der Waals surface area contributed by atoms with Crippen LogP contribution in [0, 0.1) is 6.92 Å². The molecular formula is C16H25N3O2. The quantitative estimate of drug-likeness (QED) is 0.875. The van der Waals surface area contributed by atoms with Crippen LogP contribution in [-0.2, 0) is 4.74 Å². The summed E-state index contributed by atoms with van der Waals surface area (Å²) in [6, 6.07) is 1.92. The molecule has 0 radical (unpaired) electrons. The predicted molar refractivity (Wildman–Crippen MR) is 83.7 cm³/mol. The standard InChI is InChI=1S/C16H25N3O2/c1-5-7-17-14-9-11(2)18-10-13(14)15(20)19-16(4)6-8-21-12(16)3/h9-10,12H,5-8H2,1-4H3,(H,17,18)(H,19,20). The maximum absolute atomic E-state index is 12.6. The Labute approximate surface area is 126 Å². The summed E-state index contributed by atoms with van der Waals surface area (Å²) >= 11 is 0. The Morgan fingerprint density at radius 2 is 2.33 bits per heavy atom. The fourth-order valence-corrected chi connectivity index (χ4v) is 2.47. The number of hydrogen-bond donors (Lipinski definition) is 2. The van der Waals surface area contributed by atoms with Gasteiger partial charge < -0.3 is 15.4 Å². The van der Waals surface area contributed by atoms with Crippen molar-refractivity contribution in [1.82, 2.24) is 10.3 Å². The first kappa shape index (κ1) is 15.8. The van der Waals surface area contributed by atoms with Gasteiger partial charge in [-0.25, -0.2) is 0 Å². The summed E-state index contributed by atoms with van der Waals surface area (Å²) < 4.78 is 5.57. The van der Waals surface area contributed by atoms with Crippen LogP contribution in [0.5, 0.6) is 0 Å². The van der Waals surface area contributed by atoms with Crippen LogP contribution in [0.3, 0.4) is 0 Å². The highest BCUT2D eigenvalue weighted by Gasteiger charge is 2.38. The van der Waals surface area contributed by atoms with Crippen LogP contribution in [0.4, 0.5) is 5.69 Å². The molecule has 1 saturated heterocycles. The highest BCUT2D eigenvalue weighted by Crippen LogP contribution is 2.26. The van der Waals surface area contributed by atoms with Crippen molar-refractivity contribution in [2.45, 2.75) is 52.2 Å². The van der Waals surface area contributed by atoms with Gasteiger partial charge in [-0.3, -0.25) is 9.78 Å². The van der Waals surface area contributed by atoms with E-state index in [-0.39, 0.29) is 17.6 Å². The number of pyridine rings is 1. The predicted octanol–water partition coefficient (Wildman–Crippen LogP) is 2.51. The molecule has 1 aliphatic heterocycles. The lowest BCUT2D eigenvalue weighted by Gasteiger charge is -2.29. The van der Waals surface area contributed by atoms with Gasteiger partial charge in [0.1, 0.15) is 0 Å². The summed E-state index contributed by atoms with van der Waals surface area (Å²) in [4.78, 5) is 16.9. The van der Waals surface area contributed by atoms with E-state index in [1.54, 1.807) is 6.20 Å². The summed E-state index contributed by atoms with van der Waals surface area (Å²) in [6.45, 7) is 9.57. The fourth-order valence-electron chi connectivity index (χ4n) is 2.47. The van der Waals surface area contributed by atoms with Crippen LogP contribution >= 0.6 is 0 Å². The second-order valence-electron chi connectivity index (χ2n) is 5.93. The van der Waals surface area contributed by atoms with Gasteiger partial charge in [0.15, 0.2) is 0 Å². The molecular weight excluding hydrogens is 266 g/mol. The van der Waals surface area contributed by atoms with Gasteiger partial charge in [-0.05, 0) is 39.7 Å². The number of carbonyl (C=O) groups excluding carboxylic acids is 1. The summed E-state index contributed by atoms with van der Waals surface area (Å²) in [5, 5.41) is 6.41. The lowest BCUT2D eigenvalue weighted by molar-refractivity contribution is 0.0727. The van der Waals surface area contributed by atoms with Crippen LogP contribution in [0.15, 0.2) is 12.3 Å². The van der Waals surface area contributed by atoms with Crippen molar-refractivity contribution in [3.05, 3.63) is 23.5 Å². The number of aromatic nitrogens is 1. The van der Waals surface area contributed by atoms with E-state index in [0.717, 1.165) is 30.8 Å². The molecule has 21 heavy (non-hydrogen) atoms. The average molecular weight is 291 g/mol. The van der Waals surface area contributed by atoms with Gasteiger partial charge in [0.05, 0.1) is 22.9 Å². The topological polar surface area (TPSA) is 63.2 Å². The molecule has 5 nitrogen and oxygen atoms in total. The molecule has 1 aliphatic rings. The van der Waals surface area contributed by atoms with E-state index in [4.69, 9.17) is 4.74 Å². The number of hydrogen-bond acceptors (Lipinski definition) is 4. The molecule has 2 atom stereocenters. The highest BCUT2D eigenvalue weighted by molar-refractivity contribution is 5.99. The Bertz CT molecular complexity index is 518. The number of aryl methyl sites for hydroxylation is 1. The van der Waals surface area contributed by atoms with Crippen molar-refractivity contribution in [3.63, 3.8) is 0 Å². The zero-order valence-corrected chi connectivity index (χ0v) is 13.3. The SMILES string of the molecule is CCCNc1cc(C)ncc1C(=O)NC1(C)CCOC1C. The monoisotopic (exact) mass is 291 g/mol. The molecule has 0 spiro atoms. The van der Waals surface area contributed by atoms with E-state index < -0.39 is 0 Å². The average Bonchev–Trinajstić information content (AvgIpc) is 2.76. The largest absolute Gasteiger partial charge is 0.384 e. The Morgan fingerprint density at radius 1 is 1.57 bits per heavy atom. The van der Waals surface area contributed by atoms with Crippen LogP contribution in [-0.4, -0.2) is 35.7 Å².